The van der Waals surface area contributed by atoms with Crippen LogP contribution in [0.5, 0.6) is 5.88 Å². The van der Waals surface area contributed by atoms with Gasteiger partial charge in [-0.25, -0.2) is 14.6 Å². The Morgan fingerprint density at radius 2 is 2.10 bits per heavy atom. The number of pyridine rings is 1. The minimum atomic E-state index is -3.48. The maximum absolute atomic E-state index is 14.0. The van der Waals surface area contributed by atoms with E-state index in [0.29, 0.717) is 17.8 Å². The monoisotopic (exact) mass is 440 g/mol. The molecule has 1 amide bonds. The molecule has 164 valence electrons. The maximum Gasteiger partial charge on any atom is 0.309 e. The second-order valence-corrected chi connectivity index (χ2v) is 7.02. The Morgan fingerprint density at radius 1 is 1.32 bits per heavy atom. The molecule has 1 unspecified atom stereocenters. The Balaban J connectivity index is 1.79. The number of rotatable bonds is 5. The highest BCUT2D eigenvalue weighted by atomic mass is 19.3. The van der Waals surface area contributed by atoms with Gasteiger partial charge in [-0.1, -0.05) is 0 Å². The highest BCUT2D eigenvalue weighted by molar-refractivity contribution is 5.90. The van der Waals surface area contributed by atoms with Crippen LogP contribution >= 0.6 is 0 Å². The van der Waals surface area contributed by atoms with E-state index in [1.165, 1.54) is 30.1 Å². The van der Waals surface area contributed by atoms with Crippen LogP contribution in [0, 0.1) is 0 Å². The van der Waals surface area contributed by atoms with E-state index >= 15 is 0 Å². The summed E-state index contributed by atoms with van der Waals surface area (Å²) in [6, 6.07) is 2.59. The summed E-state index contributed by atoms with van der Waals surface area (Å²) in [6.45, 7) is 0.619. The summed E-state index contributed by atoms with van der Waals surface area (Å²) < 4.78 is 66.8. The number of carbonyl (C=O) groups excluding carboxylic acids is 1. The number of anilines is 1. The fourth-order valence-electron chi connectivity index (χ4n) is 2.91. The summed E-state index contributed by atoms with van der Waals surface area (Å²) in [4.78, 5) is 22.8. The van der Waals surface area contributed by atoms with Gasteiger partial charge in [0, 0.05) is 37.6 Å². The van der Waals surface area contributed by atoms with Gasteiger partial charge in [-0.15, -0.1) is 0 Å². The van der Waals surface area contributed by atoms with Gasteiger partial charge in [0.05, 0.1) is 18.3 Å². The number of carbonyl (C=O) groups is 1. The first-order valence-corrected chi connectivity index (χ1v) is 9.04. The molecule has 13 heteroatoms. The van der Waals surface area contributed by atoms with Crippen molar-refractivity contribution in [3.8, 4) is 11.7 Å². The van der Waals surface area contributed by atoms with Gasteiger partial charge in [0.15, 0.2) is 11.9 Å². The Kier molecular flexibility index (Phi) is 5.00. The number of amides is 1. The van der Waals surface area contributed by atoms with Crippen LogP contribution in [0.2, 0.25) is 0 Å². The molecule has 0 bridgehead atoms. The number of halogens is 4. The molecule has 3 aromatic rings. The number of nitrogens with one attached hydrogen (secondary N) is 1. The molecule has 0 radical (unpaired) electrons. The highest BCUT2D eigenvalue weighted by Gasteiger charge is 2.47. The SMILES string of the molecule is CC(=O)Nc1cc2c(cn1)cnn2-c1cc(OC2COCC2(F)F)nc(C(C)(F)F)n1. The van der Waals surface area contributed by atoms with E-state index in [1.54, 1.807) is 0 Å². The normalized spacial score (nSPS) is 18.3. The summed E-state index contributed by atoms with van der Waals surface area (Å²) in [5, 5.41) is 7.14. The van der Waals surface area contributed by atoms with Crippen LogP contribution in [0.3, 0.4) is 0 Å². The largest absolute Gasteiger partial charge is 0.465 e. The molecule has 1 aliphatic rings. The second kappa shape index (κ2) is 7.41. The Hall–Kier alpha value is -3.35. The summed E-state index contributed by atoms with van der Waals surface area (Å²) in [6.07, 6.45) is 1.15. The molecule has 0 saturated carbocycles. The van der Waals surface area contributed by atoms with Gasteiger partial charge in [-0.3, -0.25) is 4.79 Å². The van der Waals surface area contributed by atoms with Gasteiger partial charge in [0.1, 0.15) is 12.4 Å². The number of fused-ring (bicyclic) bond motifs is 1. The zero-order valence-electron chi connectivity index (χ0n) is 16.3. The third kappa shape index (κ3) is 4.26. The average Bonchev–Trinajstić information content (AvgIpc) is 3.23. The average molecular weight is 440 g/mol. The molecule has 1 aliphatic heterocycles. The van der Waals surface area contributed by atoms with Gasteiger partial charge in [-0.2, -0.15) is 27.6 Å². The minimum absolute atomic E-state index is 0.140. The van der Waals surface area contributed by atoms with E-state index in [4.69, 9.17) is 9.47 Å². The van der Waals surface area contributed by atoms with Crippen LogP contribution in [-0.2, 0) is 15.5 Å². The topological polar surface area (TPSA) is 104 Å². The molecular weight excluding hydrogens is 424 g/mol. The lowest BCUT2D eigenvalue weighted by Crippen LogP contribution is -2.37. The Morgan fingerprint density at radius 3 is 2.74 bits per heavy atom. The Bertz CT molecular complexity index is 1150. The zero-order chi connectivity index (χ0) is 22.4. The minimum Gasteiger partial charge on any atom is -0.465 e. The van der Waals surface area contributed by atoms with E-state index in [1.807, 2.05) is 0 Å². The van der Waals surface area contributed by atoms with Crippen molar-refractivity contribution >= 4 is 22.6 Å². The number of hydrogen-bond acceptors (Lipinski definition) is 7. The van der Waals surface area contributed by atoms with Crippen molar-refractivity contribution in [2.24, 2.45) is 0 Å². The first-order valence-electron chi connectivity index (χ1n) is 9.04. The van der Waals surface area contributed by atoms with Crippen molar-refractivity contribution in [1.29, 1.82) is 0 Å². The lowest BCUT2D eigenvalue weighted by molar-refractivity contribution is -0.114. The molecule has 0 aliphatic carbocycles. The van der Waals surface area contributed by atoms with Crippen molar-refractivity contribution in [3.05, 3.63) is 30.4 Å². The van der Waals surface area contributed by atoms with Gasteiger partial charge in [0.2, 0.25) is 17.6 Å². The number of ether oxygens (including phenoxy) is 2. The third-order valence-corrected chi connectivity index (χ3v) is 4.35. The Labute approximate surface area is 172 Å². The first-order chi connectivity index (χ1) is 14.5. The van der Waals surface area contributed by atoms with E-state index < -0.39 is 42.9 Å². The van der Waals surface area contributed by atoms with Crippen LogP contribution in [0.15, 0.2) is 24.5 Å². The zero-order valence-corrected chi connectivity index (χ0v) is 16.3. The number of aromatic nitrogens is 5. The molecular formula is C18H16F4N6O3. The van der Waals surface area contributed by atoms with Crippen LogP contribution in [0.1, 0.15) is 19.7 Å². The van der Waals surface area contributed by atoms with E-state index in [-0.39, 0.29) is 17.5 Å². The second-order valence-electron chi connectivity index (χ2n) is 7.02. The summed E-state index contributed by atoms with van der Waals surface area (Å²) in [7, 11) is 0. The maximum atomic E-state index is 14.0. The lowest BCUT2D eigenvalue weighted by Gasteiger charge is -2.19. The molecule has 0 spiro atoms. The van der Waals surface area contributed by atoms with Crippen LogP contribution < -0.4 is 10.1 Å². The van der Waals surface area contributed by atoms with Gasteiger partial charge >= 0.3 is 11.8 Å². The molecule has 1 saturated heterocycles. The number of hydrogen-bond donors (Lipinski definition) is 1. The number of nitrogens with zero attached hydrogens (tertiary/aromatic N) is 5. The summed E-state index contributed by atoms with van der Waals surface area (Å²) in [5.74, 6) is -8.47. The molecule has 9 nitrogen and oxygen atoms in total. The highest BCUT2D eigenvalue weighted by Crippen LogP contribution is 2.32. The first kappa shape index (κ1) is 20.9. The summed E-state index contributed by atoms with van der Waals surface area (Å²) in [5.41, 5.74) is 0.378. The quantitative estimate of drug-likeness (QED) is 0.609. The smallest absolute Gasteiger partial charge is 0.309 e. The van der Waals surface area contributed by atoms with Crippen molar-refractivity contribution < 1.29 is 31.8 Å². The number of alkyl halides is 4. The lowest BCUT2D eigenvalue weighted by atomic mass is 10.2. The molecule has 1 atom stereocenters. The standard InChI is InChI=1S/C18H16F4N6O3/c1-9(29)25-13-3-11-10(5-23-13)6-24-28(11)14-4-15(27-16(26-14)17(2,19)20)31-12-7-30-8-18(12,21)22/h3-6,12H,7-8H2,1-2H3,(H,23,25,29). The van der Waals surface area contributed by atoms with Crippen molar-refractivity contribution in [2.45, 2.75) is 31.8 Å². The van der Waals surface area contributed by atoms with E-state index in [0.717, 1.165) is 6.07 Å². The van der Waals surface area contributed by atoms with Gasteiger partial charge in [0.25, 0.3) is 0 Å². The predicted molar refractivity (Wildman–Crippen MR) is 98.5 cm³/mol. The van der Waals surface area contributed by atoms with Crippen LogP contribution in [0.4, 0.5) is 23.4 Å². The fourth-order valence-corrected chi connectivity index (χ4v) is 2.91. The molecule has 3 aromatic heterocycles. The summed E-state index contributed by atoms with van der Waals surface area (Å²) >= 11 is 0. The molecule has 4 heterocycles. The molecule has 1 fully saturated rings. The molecule has 31 heavy (non-hydrogen) atoms. The fraction of sp³-hybridized carbons (Fsp3) is 0.389. The van der Waals surface area contributed by atoms with E-state index in [9.17, 15) is 22.4 Å². The molecule has 4 rings (SSSR count). The van der Waals surface area contributed by atoms with Crippen LogP contribution in [0.25, 0.3) is 16.7 Å². The molecule has 1 N–H and O–H groups in total. The van der Waals surface area contributed by atoms with Crippen molar-refractivity contribution in [3.63, 3.8) is 0 Å². The van der Waals surface area contributed by atoms with Crippen LogP contribution in [-0.4, -0.2) is 55.9 Å². The molecule has 0 aromatic carbocycles. The van der Waals surface area contributed by atoms with Gasteiger partial charge in [-0.05, 0) is 0 Å². The van der Waals surface area contributed by atoms with E-state index in [2.05, 4.69) is 25.4 Å². The third-order valence-electron chi connectivity index (χ3n) is 4.35. The predicted octanol–water partition coefficient (Wildman–Crippen LogP) is 2.69. The van der Waals surface area contributed by atoms with Gasteiger partial charge < -0.3 is 14.8 Å². The van der Waals surface area contributed by atoms with Crippen molar-refractivity contribution in [2.75, 3.05) is 18.5 Å². The van der Waals surface area contributed by atoms with Crippen molar-refractivity contribution in [1.82, 2.24) is 24.7 Å².